The first-order valence-electron chi connectivity index (χ1n) is 3.86. The number of nitrogens with one attached hydrogen (secondary N) is 1. The smallest absolute Gasteiger partial charge is 0.258 e. The van der Waals surface area contributed by atoms with E-state index in [1.807, 2.05) is 17.5 Å². The minimum Gasteiger partial charge on any atom is -0.423 e. The van der Waals surface area contributed by atoms with E-state index in [1.54, 1.807) is 0 Å². The molecule has 72 valence electrons. The Hall–Kier alpha value is -1.82. The van der Waals surface area contributed by atoms with Crippen molar-refractivity contribution < 1.29 is 5.21 Å². The van der Waals surface area contributed by atoms with Crippen LogP contribution in [0.2, 0.25) is 0 Å². The van der Waals surface area contributed by atoms with Gasteiger partial charge in [0.15, 0.2) is 0 Å². The summed E-state index contributed by atoms with van der Waals surface area (Å²) in [7, 11) is 0. The molecule has 6 heteroatoms. The lowest BCUT2D eigenvalue weighted by Crippen LogP contribution is -2.23. The van der Waals surface area contributed by atoms with Crippen molar-refractivity contribution in [2.75, 3.05) is 5.73 Å². The van der Waals surface area contributed by atoms with E-state index in [4.69, 9.17) is 11.1 Å². The summed E-state index contributed by atoms with van der Waals surface area (Å²) in [6.45, 7) is 0. The molecule has 5 nitrogen and oxygen atoms in total. The molecule has 0 aromatic carbocycles. The molecule has 0 radical (unpaired) electrons. The van der Waals surface area contributed by atoms with Gasteiger partial charge in [0.1, 0.15) is 5.82 Å². The molecule has 0 saturated carbocycles. The Bertz CT molecular complexity index is 503. The Morgan fingerprint density at radius 3 is 2.93 bits per heavy atom. The second-order valence-electron chi connectivity index (χ2n) is 2.68. The maximum atomic E-state index is 9.17. The summed E-state index contributed by atoms with van der Waals surface area (Å²) in [6.07, 6.45) is 0. The third-order valence-electron chi connectivity index (χ3n) is 1.73. The molecular formula is C8H8N4OS. The van der Waals surface area contributed by atoms with Gasteiger partial charge in [-0.15, -0.1) is 16.1 Å². The van der Waals surface area contributed by atoms with Crippen LogP contribution in [0.4, 0.5) is 5.82 Å². The first kappa shape index (κ1) is 8.76. The fourth-order valence-electron chi connectivity index (χ4n) is 1.07. The number of rotatable bonds is 1. The van der Waals surface area contributed by atoms with E-state index < -0.39 is 0 Å². The summed E-state index contributed by atoms with van der Waals surface area (Å²) in [5, 5.41) is 18.4. The summed E-state index contributed by atoms with van der Waals surface area (Å²) >= 11 is 1.51. The first-order chi connectivity index (χ1) is 6.68. The molecule has 0 aliphatic rings. The number of anilines is 1. The van der Waals surface area contributed by atoms with Gasteiger partial charge in [0, 0.05) is 6.07 Å². The van der Waals surface area contributed by atoms with Crippen LogP contribution in [0.3, 0.4) is 0 Å². The molecule has 14 heavy (non-hydrogen) atoms. The molecule has 0 atom stereocenters. The second-order valence-corrected chi connectivity index (χ2v) is 3.63. The van der Waals surface area contributed by atoms with Crippen LogP contribution >= 0.6 is 11.3 Å². The molecule has 0 fully saturated rings. The molecule has 0 spiro atoms. The largest absolute Gasteiger partial charge is 0.423 e. The predicted molar refractivity (Wildman–Crippen MR) is 53.0 cm³/mol. The number of nitrogens with two attached hydrogens (primary N) is 1. The number of nitrogen functional groups attached to an aromatic ring is 1. The Morgan fingerprint density at radius 2 is 2.36 bits per heavy atom. The molecule has 2 rings (SSSR count). The first-order valence-corrected chi connectivity index (χ1v) is 4.74. The number of nitrogens with zero attached hydrogens (tertiary/aromatic N) is 2. The fraction of sp³-hybridized carbons (Fsp3) is 0. The van der Waals surface area contributed by atoms with Crippen LogP contribution in [0, 0.1) is 5.41 Å². The van der Waals surface area contributed by atoms with Gasteiger partial charge in [0.25, 0.3) is 5.62 Å². The standard InChI is InChI=1S/C8H8N4OS/c9-7-4-5(6-2-1-3-14-6)11-8(10)12(7)13/h1-4,10,13H,9H2. The SMILES string of the molecule is N=c1nc(-c2cccs2)cc(N)n1O. The van der Waals surface area contributed by atoms with E-state index in [1.165, 1.54) is 17.4 Å². The molecule has 0 amide bonds. The van der Waals surface area contributed by atoms with Crippen LogP contribution in [0.1, 0.15) is 0 Å². The molecule has 0 saturated heterocycles. The molecule has 2 heterocycles. The fourth-order valence-corrected chi connectivity index (χ4v) is 1.75. The van der Waals surface area contributed by atoms with E-state index >= 15 is 0 Å². The predicted octanol–water partition coefficient (Wildman–Crippen LogP) is 0.911. The van der Waals surface area contributed by atoms with Gasteiger partial charge in [-0.3, -0.25) is 5.41 Å². The lowest BCUT2D eigenvalue weighted by molar-refractivity contribution is 0.172. The van der Waals surface area contributed by atoms with Crippen molar-refractivity contribution in [1.82, 2.24) is 9.71 Å². The summed E-state index contributed by atoms with van der Waals surface area (Å²) in [5.41, 5.74) is 5.82. The summed E-state index contributed by atoms with van der Waals surface area (Å²) < 4.78 is 0.539. The average Bonchev–Trinajstić information content (AvgIpc) is 2.66. The number of thiophene rings is 1. The molecule has 2 aromatic heterocycles. The molecule has 4 N–H and O–H groups in total. The summed E-state index contributed by atoms with van der Waals surface area (Å²) in [4.78, 5) is 4.81. The molecular weight excluding hydrogens is 200 g/mol. The van der Waals surface area contributed by atoms with Crippen LogP contribution in [0.15, 0.2) is 23.6 Å². The van der Waals surface area contributed by atoms with E-state index in [0.717, 1.165) is 4.88 Å². The molecule has 0 aliphatic heterocycles. The number of hydrogen-bond acceptors (Lipinski definition) is 5. The van der Waals surface area contributed by atoms with Crippen molar-refractivity contribution in [3.05, 3.63) is 29.2 Å². The Morgan fingerprint density at radius 1 is 1.57 bits per heavy atom. The summed E-state index contributed by atoms with van der Waals surface area (Å²) in [5.74, 6) is 0.105. The van der Waals surface area contributed by atoms with Crippen LogP contribution in [-0.2, 0) is 0 Å². The van der Waals surface area contributed by atoms with E-state index in [9.17, 15) is 5.21 Å². The second kappa shape index (κ2) is 3.15. The molecule has 0 aliphatic carbocycles. The molecule has 0 unspecified atom stereocenters. The number of hydrogen-bond donors (Lipinski definition) is 3. The number of aromatic nitrogens is 2. The lowest BCUT2D eigenvalue weighted by atomic mass is 10.3. The zero-order valence-electron chi connectivity index (χ0n) is 7.14. The highest BCUT2D eigenvalue weighted by Gasteiger charge is 2.04. The molecule has 2 aromatic rings. The third kappa shape index (κ3) is 1.35. The van der Waals surface area contributed by atoms with Gasteiger partial charge in [-0.25, -0.2) is 4.98 Å². The van der Waals surface area contributed by atoms with E-state index in [2.05, 4.69) is 4.98 Å². The highest BCUT2D eigenvalue weighted by molar-refractivity contribution is 7.13. The molecule has 0 bridgehead atoms. The minimum atomic E-state index is -0.270. The maximum Gasteiger partial charge on any atom is 0.258 e. The van der Waals surface area contributed by atoms with Crippen LogP contribution in [0.25, 0.3) is 10.6 Å². The maximum absolute atomic E-state index is 9.17. The average molecular weight is 208 g/mol. The quantitative estimate of drug-likeness (QED) is 0.609. The van der Waals surface area contributed by atoms with Crippen molar-refractivity contribution in [3.63, 3.8) is 0 Å². The van der Waals surface area contributed by atoms with Gasteiger partial charge >= 0.3 is 0 Å². The third-order valence-corrected chi connectivity index (χ3v) is 2.62. The van der Waals surface area contributed by atoms with Crippen molar-refractivity contribution in [1.29, 1.82) is 5.41 Å². The van der Waals surface area contributed by atoms with Crippen molar-refractivity contribution in [2.24, 2.45) is 0 Å². The highest BCUT2D eigenvalue weighted by atomic mass is 32.1. The van der Waals surface area contributed by atoms with Crippen LogP contribution in [0.5, 0.6) is 0 Å². The van der Waals surface area contributed by atoms with Gasteiger partial charge in [-0.05, 0) is 11.4 Å². The minimum absolute atomic E-state index is 0.105. The monoisotopic (exact) mass is 208 g/mol. The van der Waals surface area contributed by atoms with Gasteiger partial charge < -0.3 is 10.9 Å². The Kier molecular flexibility index (Phi) is 1.97. The van der Waals surface area contributed by atoms with Gasteiger partial charge in [0.2, 0.25) is 0 Å². The van der Waals surface area contributed by atoms with Gasteiger partial charge in [0.05, 0.1) is 10.6 Å². The van der Waals surface area contributed by atoms with Crippen molar-refractivity contribution in [2.45, 2.75) is 0 Å². The van der Waals surface area contributed by atoms with Gasteiger partial charge in [-0.1, -0.05) is 6.07 Å². The normalized spacial score (nSPS) is 10.3. The van der Waals surface area contributed by atoms with Crippen molar-refractivity contribution >= 4 is 17.2 Å². The van der Waals surface area contributed by atoms with Gasteiger partial charge in [-0.2, -0.15) is 0 Å². The Labute approximate surface area is 83.6 Å². The van der Waals surface area contributed by atoms with Crippen LogP contribution < -0.4 is 11.4 Å². The summed E-state index contributed by atoms with van der Waals surface area (Å²) in [6, 6.07) is 5.30. The zero-order chi connectivity index (χ0) is 10.1. The van der Waals surface area contributed by atoms with Crippen molar-refractivity contribution in [3.8, 4) is 10.6 Å². The van der Waals surface area contributed by atoms with E-state index in [0.29, 0.717) is 10.4 Å². The topological polar surface area (TPSA) is 87.9 Å². The van der Waals surface area contributed by atoms with E-state index in [-0.39, 0.29) is 11.4 Å². The zero-order valence-corrected chi connectivity index (χ0v) is 7.95. The highest BCUT2D eigenvalue weighted by Crippen LogP contribution is 2.22. The lowest BCUT2D eigenvalue weighted by Gasteiger charge is -2.03. The van der Waals surface area contributed by atoms with Crippen LogP contribution in [-0.4, -0.2) is 14.9 Å². The Balaban J connectivity index is 2.63.